The molecule has 1 saturated heterocycles. The van der Waals surface area contributed by atoms with Gasteiger partial charge in [-0.2, -0.15) is 0 Å². The number of amides is 1. The lowest BCUT2D eigenvalue weighted by Crippen LogP contribution is -2.48. The van der Waals surface area contributed by atoms with E-state index in [-0.39, 0.29) is 5.91 Å². The Labute approximate surface area is 141 Å². The second kappa shape index (κ2) is 6.62. The standard InChI is InChI=1S/C18H22N2O2S/c1-13-14(2)23-12-17(13)18(21)20-10-8-19(9-11-20)15-4-6-16(22-3)7-5-15/h4-7,12H,8-11H2,1-3H3. The highest BCUT2D eigenvalue weighted by atomic mass is 32.1. The van der Waals surface area contributed by atoms with Crippen LogP contribution >= 0.6 is 11.3 Å². The van der Waals surface area contributed by atoms with Gasteiger partial charge in [0.1, 0.15) is 5.75 Å². The summed E-state index contributed by atoms with van der Waals surface area (Å²) in [5.74, 6) is 1.03. The minimum atomic E-state index is 0.168. The van der Waals surface area contributed by atoms with Gasteiger partial charge in [0, 0.05) is 42.1 Å². The molecule has 0 spiro atoms. The average molecular weight is 330 g/mol. The number of anilines is 1. The highest BCUT2D eigenvalue weighted by molar-refractivity contribution is 7.10. The van der Waals surface area contributed by atoms with Crippen molar-refractivity contribution in [2.24, 2.45) is 0 Å². The first-order chi connectivity index (χ1) is 11.1. The molecule has 2 aromatic rings. The molecule has 1 aliphatic heterocycles. The summed E-state index contributed by atoms with van der Waals surface area (Å²) in [6.07, 6.45) is 0. The SMILES string of the molecule is COc1ccc(N2CCN(C(=O)c3csc(C)c3C)CC2)cc1. The van der Waals surface area contributed by atoms with Crippen LogP contribution in [0, 0.1) is 13.8 Å². The number of carbonyl (C=O) groups excluding carboxylic acids is 1. The van der Waals surface area contributed by atoms with Gasteiger partial charge in [-0.3, -0.25) is 4.79 Å². The minimum Gasteiger partial charge on any atom is -0.497 e. The number of methoxy groups -OCH3 is 1. The number of benzene rings is 1. The van der Waals surface area contributed by atoms with E-state index in [0.717, 1.165) is 43.1 Å². The van der Waals surface area contributed by atoms with Gasteiger partial charge in [-0.15, -0.1) is 11.3 Å². The molecule has 0 bridgehead atoms. The number of hydrogen-bond donors (Lipinski definition) is 0. The van der Waals surface area contributed by atoms with Crippen LogP contribution < -0.4 is 9.64 Å². The van der Waals surface area contributed by atoms with Crippen LogP contribution in [0.2, 0.25) is 0 Å². The fourth-order valence-electron chi connectivity index (χ4n) is 2.86. The molecule has 1 aliphatic rings. The van der Waals surface area contributed by atoms with Gasteiger partial charge in [-0.05, 0) is 43.7 Å². The van der Waals surface area contributed by atoms with E-state index in [9.17, 15) is 4.79 Å². The van der Waals surface area contributed by atoms with Gasteiger partial charge in [0.25, 0.3) is 5.91 Å². The van der Waals surface area contributed by atoms with Gasteiger partial charge in [0.15, 0.2) is 0 Å². The van der Waals surface area contributed by atoms with Crippen molar-refractivity contribution < 1.29 is 9.53 Å². The molecule has 1 aromatic heterocycles. The van der Waals surface area contributed by atoms with Crippen LogP contribution in [-0.4, -0.2) is 44.1 Å². The number of piperazine rings is 1. The van der Waals surface area contributed by atoms with Crippen LogP contribution in [0.3, 0.4) is 0 Å². The lowest BCUT2D eigenvalue weighted by molar-refractivity contribution is 0.0746. The Hall–Kier alpha value is -2.01. The molecule has 0 saturated carbocycles. The normalized spacial score (nSPS) is 14.9. The maximum atomic E-state index is 12.7. The number of rotatable bonds is 3. The Morgan fingerprint density at radius 1 is 1.09 bits per heavy atom. The number of nitrogens with zero attached hydrogens (tertiary/aromatic N) is 2. The monoisotopic (exact) mass is 330 g/mol. The minimum absolute atomic E-state index is 0.168. The molecule has 3 rings (SSSR count). The first-order valence-electron chi connectivity index (χ1n) is 7.83. The summed E-state index contributed by atoms with van der Waals surface area (Å²) < 4.78 is 5.20. The molecule has 0 atom stereocenters. The Morgan fingerprint density at radius 2 is 1.74 bits per heavy atom. The lowest BCUT2D eigenvalue weighted by atomic mass is 10.1. The van der Waals surface area contributed by atoms with Crippen molar-refractivity contribution in [1.82, 2.24) is 4.90 Å². The third-order valence-electron chi connectivity index (χ3n) is 4.52. The van der Waals surface area contributed by atoms with E-state index in [4.69, 9.17) is 4.74 Å². The number of aryl methyl sites for hydroxylation is 1. The quantitative estimate of drug-likeness (QED) is 0.865. The van der Waals surface area contributed by atoms with E-state index in [2.05, 4.69) is 24.0 Å². The summed E-state index contributed by atoms with van der Waals surface area (Å²) in [6, 6.07) is 8.10. The molecule has 5 heteroatoms. The smallest absolute Gasteiger partial charge is 0.255 e. The molecule has 1 aromatic carbocycles. The molecule has 23 heavy (non-hydrogen) atoms. The van der Waals surface area contributed by atoms with Gasteiger partial charge in [-0.1, -0.05) is 0 Å². The van der Waals surface area contributed by atoms with Gasteiger partial charge in [0.2, 0.25) is 0 Å². The Kier molecular flexibility index (Phi) is 4.57. The van der Waals surface area contributed by atoms with E-state index in [1.54, 1.807) is 18.4 Å². The molecule has 0 aliphatic carbocycles. The summed E-state index contributed by atoms with van der Waals surface area (Å²) in [6.45, 7) is 7.35. The van der Waals surface area contributed by atoms with E-state index in [1.807, 2.05) is 29.3 Å². The summed E-state index contributed by atoms with van der Waals surface area (Å²) in [4.78, 5) is 18.2. The number of ether oxygens (including phenoxy) is 1. The second-order valence-electron chi connectivity index (χ2n) is 5.81. The Bertz CT molecular complexity index is 686. The number of thiophene rings is 1. The molecule has 122 valence electrons. The van der Waals surface area contributed by atoms with Crippen LogP contribution in [0.5, 0.6) is 5.75 Å². The van der Waals surface area contributed by atoms with Gasteiger partial charge < -0.3 is 14.5 Å². The van der Waals surface area contributed by atoms with Crippen molar-refractivity contribution in [3.63, 3.8) is 0 Å². The van der Waals surface area contributed by atoms with Gasteiger partial charge in [0.05, 0.1) is 12.7 Å². The van der Waals surface area contributed by atoms with Crippen molar-refractivity contribution in [3.8, 4) is 5.75 Å². The summed E-state index contributed by atoms with van der Waals surface area (Å²) >= 11 is 1.65. The highest BCUT2D eigenvalue weighted by Gasteiger charge is 2.24. The summed E-state index contributed by atoms with van der Waals surface area (Å²) in [5.41, 5.74) is 3.17. The summed E-state index contributed by atoms with van der Waals surface area (Å²) in [5, 5.41) is 1.99. The van der Waals surface area contributed by atoms with Crippen LogP contribution in [-0.2, 0) is 0 Å². The molecule has 0 radical (unpaired) electrons. The molecule has 0 N–H and O–H groups in total. The van der Waals surface area contributed by atoms with E-state index in [1.165, 1.54) is 10.6 Å². The van der Waals surface area contributed by atoms with E-state index in [0.29, 0.717) is 0 Å². The first kappa shape index (κ1) is 15.9. The van der Waals surface area contributed by atoms with E-state index >= 15 is 0 Å². The van der Waals surface area contributed by atoms with Crippen molar-refractivity contribution >= 4 is 22.9 Å². The summed E-state index contributed by atoms with van der Waals surface area (Å²) in [7, 11) is 1.67. The average Bonchev–Trinajstić information content (AvgIpc) is 2.94. The fourth-order valence-corrected chi connectivity index (χ4v) is 3.71. The molecule has 1 amide bonds. The third-order valence-corrected chi connectivity index (χ3v) is 5.53. The second-order valence-corrected chi connectivity index (χ2v) is 6.89. The van der Waals surface area contributed by atoms with Gasteiger partial charge >= 0.3 is 0 Å². The Balaban J connectivity index is 1.63. The molecule has 1 fully saturated rings. The van der Waals surface area contributed by atoms with Crippen molar-refractivity contribution in [2.75, 3.05) is 38.2 Å². The van der Waals surface area contributed by atoms with Crippen LogP contribution in [0.25, 0.3) is 0 Å². The fraction of sp³-hybridized carbons (Fsp3) is 0.389. The van der Waals surface area contributed by atoms with Crippen molar-refractivity contribution in [1.29, 1.82) is 0 Å². The highest BCUT2D eigenvalue weighted by Crippen LogP contribution is 2.24. The third kappa shape index (κ3) is 3.20. The zero-order valence-electron chi connectivity index (χ0n) is 13.8. The molecular weight excluding hydrogens is 308 g/mol. The molecule has 0 unspecified atom stereocenters. The zero-order chi connectivity index (χ0) is 16.4. The topological polar surface area (TPSA) is 32.8 Å². The van der Waals surface area contributed by atoms with Gasteiger partial charge in [-0.25, -0.2) is 0 Å². The molecule has 4 nitrogen and oxygen atoms in total. The van der Waals surface area contributed by atoms with Crippen LogP contribution in [0.1, 0.15) is 20.8 Å². The Morgan fingerprint density at radius 3 is 2.26 bits per heavy atom. The first-order valence-corrected chi connectivity index (χ1v) is 8.71. The maximum Gasteiger partial charge on any atom is 0.255 e. The van der Waals surface area contributed by atoms with Crippen LogP contribution in [0.4, 0.5) is 5.69 Å². The van der Waals surface area contributed by atoms with Crippen LogP contribution in [0.15, 0.2) is 29.6 Å². The predicted octanol–water partition coefficient (Wildman–Crippen LogP) is 3.34. The zero-order valence-corrected chi connectivity index (χ0v) is 14.7. The van der Waals surface area contributed by atoms with Crippen molar-refractivity contribution in [3.05, 3.63) is 45.6 Å². The largest absolute Gasteiger partial charge is 0.497 e. The molecule has 2 heterocycles. The van der Waals surface area contributed by atoms with E-state index < -0.39 is 0 Å². The number of hydrogen-bond acceptors (Lipinski definition) is 4. The lowest BCUT2D eigenvalue weighted by Gasteiger charge is -2.36. The van der Waals surface area contributed by atoms with Crippen molar-refractivity contribution in [2.45, 2.75) is 13.8 Å². The number of carbonyl (C=O) groups is 1. The predicted molar refractivity (Wildman–Crippen MR) is 94.9 cm³/mol. The molecular formula is C18H22N2O2S. The maximum absolute atomic E-state index is 12.7.